The number of hydrogen-bond acceptors (Lipinski definition) is 6. The zero-order valence-corrected chi connectivity index (χ0v) is 11.0. The van der Waals surface area contributed by atoms with Crippen molar-refractivity contribution in [3.05, 3.63) is 34.8 Å². The first-order valence-electron chi connectivity index (χ1n) is 5.65. The maximum Gasteiger partial charge on any atom is 0.275 e. The summed E-state index contributed by atoms with van der Waals surface area (Å²) in [5, 5.41) is 5.41. The van der Waals surface area contributed by atoms with Gasteiger partial charge in [0.2, 0.25) is 6.79 Å². The predicted molar refractivity (Wildman–Crippen MR) is 68.3 cm³/mol. The van der Waals surface area contributed by atoms with E-state index in [1.807, 2.05) is 18.2 Å². The van der Waals surface area contributed by atoms with Gasteiger partial charge >= 0.3 is 0 Å². The van der Waals surface area contributed by atoms with Gasteiger partial charge in [0.15, 0.2) is 17.2 Å². The Hall–Kier alpha value is -2.15. The van der Waals surface area contributed by atoms with E-state index in [2.05, 4.69) is 9.59 Å². The SMILES string of the molecule is CN(Cc1cccc2c1OCO2)C(=O)c1csnn1. The summed E-state index contributed by atoms with van der Waals surface area (Å²) >= 11 is 1.16. The fourth-order valence-corrected chi connectivity index (χ4v) is 2.33. The molecule has 0 saturated heterocycles. The van der Waals surface area contributed by atoms with Crippen LogP contribution in [0.15, 0.2) is 23.6 Å². The second kappa shape index (κ2) is 4.85. The van der Waals surface area contributed by atoms with Gasteiger partial charge in [-0.25, -0.2) is 0 Å². The summed E-state index contributed by atoms with van der Waals surface area (Å²) in [6.07, 6.45) is 0. The minimum absolute atomic E-state index is 0.162. The molecule has 1 aliphatic rings. The molecule has 0 N–H and O–H groups in total. The number of rotatable bonds is 3. The van der Waals surface area contributed by atoms with E-state index in [9.17, 15) is 4.79 Å². The molecule has 6 nitrogen and oxygen atoms in total. The van der Waals surface area contributed by atoms with Crippen molar-refractivity contribution in [1.29, 1.82) is 0 Å². The lowest BCUT2D eigenvalue weighted by Crippen LogP contribution is -2.26. The van der Waals surface area contributed by atoms with Crippen molar-refractivity contribution in [2.24, 2.45) is 0 Å². The third kappa shape index (κ3) is 2.24. The first-order chi connectivity index (χ1) is 9.25. The summed E-state index contributed by atoms with van der Waals surface area (Å²) in [6.45, 7) is 0.656. The van der Waals surface area contributed by atoms with Crippen molar-refractivity contribution in [2.75, 3.05) is 13.8 Å². The summed E-state index contributed by atoms with van der Waals surface area (Å²) in [5.74, 6) is 1.26. The lowest BCUT2D eigenvalue weighted by molar-refractivity contribution is 0.0778. The van der Waals surface area contributed by atoms with E-state index in [1.54, 1.807) is 17.3 Å². The normalized spacial score (nSPS) is 12.5. The lowest BCUT2D eigenvalue weighted by Gasteiger charge is -2.16. The molecular formula is C12H11N3O3S. The summed E-state index contributed by atoms with van der Waals surface area (Å²) < 4.78 is 14.4. The van der Waals surface area contributed by atoms with Crippen LogP contribution in [0.5, 0.6) is 11.5 Å². The van der Waals surface area contributed by atoms with Crippen LogP contribution in [0.2, 0.25) is 0 Å². The highest BCUT2D eigenvalue weighted by Crippen LogP contribution is 2.35. The predicted octanol–water partition coefficient (Wildman–Crippen LogP) is 1.54. The van der Waals surface area contributed by atoms with E-state index in [0.29, 0.717) is 23.7 Å². The van der Waals surface area contributed by atoms with Crippen LogP contribution >= 0.6 is 11.5 Å². The number of nitrogens with zero attached hydrogens (tertiary/aromatic N) is 3. The number of fused-ring (bicyclic) bond motifs is 1. The maximum atomic E-state index is 12.1. The molecule has 1 aromatic carbocycles. The van der Waals surface area contributed by atoms with Gasteiger partial charge in [-0.3, -0.25) is 4.79 Å². The molecule has 0 radical (unpaired) electrons. The molecule has 1 aliphatic heterocycles. The molecule has 0 aliphatic carbocycles. The zero-order valence-electron chi connectivity index (χ0n) is 10.2. The van der Waals surface area contributed by atoms with Crippen LogP contribution in [0, 0.1) is 0 Å². The van der Waals surface area contributed by atoms with Crippen molar-refractivity contribution in [3.63, 3.8) is 0 Å². The smallest absolute Gasteiger partial charge is 0.275 e. The molecule has 0 unspecified atom stereocenters. The van der Waals surface area contributed by atoms with E-state index < -0.39 is 0 Å². The van der Waals surface area contributed by atoms with Crippen molar-refractivity contribution < 1.29 is 14.3 Å². The highest BCUT2D eigenvalue weighted by atomic mass is 32.1. The number of carbonyl (C=O) groups excluding carboxylic acids is 1. The molecule has 0 saturated carbocycles. The van der Waals surface area contributed by atoms with Crippen LogP contribution in [0.3, 0.4) is 0 Å². The quantitative estimate of drug-likeness (QED) is 0.851. The number of ether oxygens (including phenoxy) is 2. The van der Waals surface area contributed by atoms with Gasteiger partial charge in [-0.1, -0.05) is 16.6 Å². The Balaban J connectivity index is 1.79. The number of aromatic nitrogens is 2. The molecule has 3 rings (SSSR count). The molecule has 1 amide bonds. The zero-order chi connectivity index (χ0) is 13.2. The largest absolute Gasteiger partial charge is 0.454 e. The van der Waals surface area contributed by atoms with Crippen LogP contribution in [0.1, 0.15) is 16.1 Å². The van der Waals surface area contributed by atoms with Gasteiger partial charge < -0.3 is 14.4 Å². The van der Waals surface area contributed by atoms with Crippen molar-refractivity contribution in [1.82, 2.24) is 14.5 Å². The lowest BCUT2D eigenvalue weighted by atomic mass is 10.1. The molecule has 1 aromatic heterocycles. The number of hydrogen-bond donors (Lipinski definition) is 0. The third-order valence-corrected chi connectivity index (χ3v) is 3.32. The second-order valence-corrected chi connectivity index (χ2v) is 4.71. The van der Waals surface area contributed by atoms with Gasteiger partial charge in [-0.15, -0.1) is 5.10 Å². The van der Waals surface area contributed by atoms with E-state index in [4.69, 9.17) is 9.47 Å². The molecule has 2 aromatic rings. The minimum atomic E-state index is -0.162. The fourth-order valence-electron chi connectivity index (χ4n) is 1.90. The van der Waals surface area contributed by atoms with Crippen LogP contribution in [0.25, 0.3) is 0 Å². The van der Waals surface area contributed by atoms with E-state index in [1.165, 1.54) is 0 Å². The molecule has 19 heavy (non-hydrogen) atoms. The number of carbonyl (C=O) groups is 1. The minimum Gasteiger partial charge on any atom is -0.454 e. The number of benzene rings is 1. The van der Waals surface area contributed by atoms with E-state index in [0.717, 1.165) is 17.1 Å². The highest BCUT2D eigenvalue weighted by molar-refractivity contribution is 7.03. The molecule has 0 atom stereocenters. The van der Waals surface area contributed by atoms with Crippen molar-refractivity contribution in [2.45, 2.75) is 6.54 Å². The summed E-state index contributed by atoms with van der Waals surface area (Å²) in [4.78, 5) is 13.6. The molecule has 98 valence electrons. The Labute approximate surface area is 113 Å². The molecule has 0 fully saturated rings. The Morgan fingerprint density at radius 2 is 2.37 bits per heavy atom. The molecule has 0 spiro atoms. The topological polar surface area (TPSA) is 64.6 Å². The number of para-hydroxylation sites is 1. The average molecular weight is 277 g/mol. The molecule has 0 bridgehead atoms. The first kappa shape index (κ1) is 11.9. The second-order valence-electron chi connectivity index (χ2n) is 4.10. The summed E-state index contributed by atoms with van der Waals surface area (Å²) in [6, 6.07) is 5.64. The van der Waals surface area contributed by atoms with Gasteiger partial charge in [0, 0.05) is 24.5 Å². The summed E-state index contributed by atoms with van der Waals surface area (Å²) in [7, 11) is 1.72. The van der Waals surface area contributed by atoms with Gasteiger partial charge in [-0.2, -0.15) is 0 Å². The van der Waals surface area contributed by atoms with E-state index in [-0.39, 0.29) is 12.7 Å². The molecule has 2 heterocycles. The number of amides is 1. The Morgan fingerprint density at radius 3 is 3.16 bits per heavy atom. The van der Waals surface area contributed by atoms with Crippen LogP contribution in [-0.2, 0) is 6.54 Å². The molecule has 7 heteroatoms. The van der Waals surface area contributed by atoms with Gasteiger partial charge in [0.05, 0.1) is 0 Å². The van der Waals surface area contributed by atoms with Crippen molar-refractivity contribution in [3.8, 4) is 11.5 Å². The standard InChI is InChI=1S/C12H11N3O3S/c1-15(12(16)9-6-19-14-13-9)5-8-3-2-4-10-11(8)18-7-17-10/h2-4,6H,5,7H2,1H3. The van der Waals surface area contributed by atoms with Crippen LogP contribution in [-0.4, -0.2) is 34.2 Å². The first-order valence-corrected chi connectivity index (χ1v) is 6.49. The van der Waals surface area contributed by atoms with Gasteiger partial charge in [0.1, 0.15) is 0 Å². The summed E-state index contributed by atoms with van der Waals surface area (Å²) in [5.41, 5.74) is 1.27. The Bertz CT molecular complexity index is 600. The molecular weight excluding hydrogens is 266 g/mol. The third-order valence-electron chi connectivity index (χ3n) is 2.81. The Morgan fingerprint density at radius 1 is 1.47 bits per heavy atom. The average Bonchev–Trinajstić information content (AvgIpc) is 3.09. The fraction of sp³-hybridized carbons (Fsp3) is 0.250. The monoisotopic (exact) mass is 277 g/mol. The van der Waals surface area contributed by atoms with Crippen LogP contribution < -0.4 is 9.47 Å². The van der Waals surface area contributed by atoms with E-state index >= 15 is 0 Å². The Kier molecular flexibility index (Phi) is 3.04. The van der Waals surface area contributed by atoms with Gasteiger partial charge in [-0.05, 0) is 17.6 Å². The van der Waals surface area contributed by atoms with Crippen LogP contribution in [0.4, 0.5) is 0 Å². The van der Waals surface area contributed by atoms with Gasteiger partial charge in [0.25, 0.3) is 5.91 Å². The van der Waals surface area contributed by atoms with Crippen molar-refractivity contribution >= 4 is 17.4 Å². The highest BCUT2D eigenvalue weighted by Gasteiger charge is 2.21. The maximum absolute atomic E-state index is 12.1.